The van der Waals surface area contributed by atoms with E-state index in [4.69, 9.17) is 19.4 Å². The molecule has 156 valence electrons. The summed E-state index contributed by atoms with van der Waals surface area (Å²) in [6.07, 6.45) is 0.929. The SMILES string of the molecule is COc1cc2c(cc1OC)CN(c1cc(Nc3ccccc3)nc(C(C)C)n1)CC2. The van der Waals surface area contributed by atoms with E-state index in [0.717, 1.165) is 54.2 Å². The number of nitrogens with zero attached hydrogens (tertiary/aromatic N) is 3. The van der Waals surface area contributed by atoms with Gasteiger partial charge in [0.15, 0.2) is 11.5 Å². The van der Waals surface area contributed by atoms with Crippen LogP contribution in [0.15, 0.2) is 48.5 Å². The summed E-state index contributed by atoms with van der Waals surface area (Å²) in [6.45, 7) is 5.90. The largest absolute Gasteiger partial charge is 0.493 e. The van der Waals surface area contributed by atoms with E-state index in [1.54, 1.807) is 14.2 Å². The molecule has 0 saturated carbocycles. The zero-order valence-electron chi connectivity index (χ0n) is 18.0. The highest BCUT2D eigenvalue weighted by Crippen LogP contribution is 2.34. The molecular formula is C24H28N4O2. The standard InChI is InChI=1S/C24H28N4O2/c1-16(2)24-26-22(25-19-8-6-5-7-9-19)14-23(27-24)28-11-10-17-12-20(29-3)21(30-4)13-18(17)15-28/h5-9,12-14,16H,10-11,15H2,1-4H3,(H,25,26,27). The van der Waals surface area contributed by atoms with Crippen LogP contribution >= 0.6 is 0 Å². The second-order valence-electron chi connectivity index (χ2n) is 7.76. The monoisotopic (exact) mass is 404 g/mol. The number of benzene rings is 2. The van der Waals surface area contributed by atoms with Crippen LogP contribution in [-0.4, -0.2) is 30.7 Å². The number of methoxy groups -OCH3 is 2. The molecule has 2 heterocycles. The molecule has 1 N–H and O–H groups in total. The van der Waals surface area contributed by atoms with E-state index in [0.29, 0.717) is 0 Å². The maximum atomic E-state index is 5.50. The molecule has 2 aromatic carbocycles. The summed E-state index contributed by atoms with van der Waals surface area (Å²) in [5.41, 5.74) is 3.54. The zero-order valence-corrected chi connectivity index (χ0v) is 18.0. The third-order valence-corrected chi connectivity index (χ3v) is 5.33. The van der Waals surface area contributed by atoms with Crippen LogP contribution in [0.4, 0.5) is 17.3 Å². The van der Waals surface area contributed by atoms with E-state index in [1.807, 2.05) is 36.4 Å². The van der Waals surface area contributed by atoms with Crippen molar-refractivity contribution in [3.8, 4) is 11.5 Å². The number of hydrogen-bond donors (Lipinski definition) is 1. The van der Waals surface area contributed by atoms with Gasteiger partial charge in [-0.1, -0.05) is 32.0 Å². The lowest BCUT2D eigenvalue weighted by molar-refractivity contribution is 0.353. The first-order valence-corrected chi connectivity index (χ1v) is 10.3. The molecule has 1 aromatic heterocycles. The Morgan fingerprint density at radius 1 is 0.933 bits per heavy atom. The molecule has 6 nitrogen and oxygen atoms in total. The van der Waals surface area contributed by atoms with E-state index in [-0.39, 0.29) is 5.92 Å². The van der Waals surface area contributed by atoms with Crippen molar-refractivity contribution in [2.24, 2.45) is 0 Å². The topological polar surface area (TPSA) is 59.5 Å². The predicted molar refractivity (Wildman–Crippen MR) is 120 cm³/mol. The molecule has 3 aromatic rings. The normalized spacial score (nSPS) is 13.2. The first kappa shape index (κ1) is 20.0. The van der Waals surface area contributed by atoms with Crippen molar-refractivity contribution in [1.29, 1.82) is 0 Å². The number of para-hydroxylation sites is 1. The fraction of sp³-hybridized carbons (Fsp3) is 0.333. The molecule has 0 radical (unpaired) electrons. The van der Waals surface area contributed by atoms with Crippen molar-refractivity contribution < 1.29 is 9.47 Å². The van der Waals surface area contributed by atoms with Gasteiger partial charge in [0, 0.05) is 30.8 Å². The van der Waals surface area contributed by atoms with Gasteiger partial charge in [0.1, 0.15) is 17.5 Å². The number of nitrogens with one attached hydrogen (secondary N) is 1. The Morgan fingerprint density at radius 3 is 2.30 bits per heavy atom. The van der Waals surface area contributed by atoms with Gasteiger partial charge in [0.25, 0.3) is 0 Å². The summed E-state index contributed by atoms with van der Waals surface area (Å²) < 4.78 is 11.0. The van der Waals surface area contributed by atoms with Crippen LogP contribution in [0.3, 0.4) is 0 Å². The molecule has 0 unspecified atom stereocenters. The Hall–Kier alpha value is -3.28. The Bertz CT molecular complexity index is 1020. The average molecular weight is 405 g/mol. The lowest BCUT2D eigenvalue weighted by Gasteiger charge is -2.31. The van der Waals surface area contributed by atoms with Gasteiger partial charge in [-0.3, -0.25) is 0 Å². The summed E-state index contributed by atoms with van der Waals surface area (Å²) >= 11 is 0. The molecule has 1 aliphatic rings. The molecular weight excluding hydrogens is 376 g/mol. The summed E-state index contributed by atoms with van der Waals surface area (Å²) in [6, 6.07) is 16.3. The molecule has 0 amide bonds. The number of anilines is 3. The van der Waals surface area contributed by atoms with Gasteiger partial charge in [0.2, 0.25) is 0 Å². The molecule has 6 heteroatoms. The fourth-order valence-electron chi connectivity index (χ4n) is 3.68. The van der Waals surface area contributed by atoms with E-state index >= 15 is 0 Å². The Morgan fingerprint density at radius 2 is 1.63 bits per heavy atom. The highest BCUT2D eigenvalue weighted by molar-refractivity contribution is 5.60. The molecule has 4 rings (SSSR count). The van der Waals surface area contributed by atoms with Crippen LogP contribution in [0.5, 0.6) is 11.5 Å². The number of hydrogen-bond acceptors (Lipinski definition) is 6. The Kier molecular flexibility index (Phi) is 5.74. The van der Waals surface area contributed by atoms with Gasteiger partial charge in [-0.25, -0.2) is 9.97 Å². The van der Waals surface area contributed by atoms with Crippen molar-refractivity contribution in [3.05, 3.63) is 65.5 Å². The van der Waals surface area contributed by atoms with E-state index in [9.17, 15) is 0 Å². The summed E-state index contributed by atoms with van der Waals surface area (Å²) in [5.74, 6) is 4.37. The Labute approximate surface area is 177 Å². The van der Waals surface area contributed by atoms with Crippen molar-refractivity contribution in [2.75, 3.05) is 31.0 Å². The lowest BCUT2D eigenvalue weighted by Crippen LogP contribution is -2.31. The Balaban J connectivity index is 1.65. The molecule has 0 atom stereocenters. The second kappa shape index (κ2) is 8.61. The van der Waals surface area contributed by atoms with Gasteiger partial charge in [0.05, 0.1) is 14.2 Å². The summed E-state index contributed by atoms with van der Waals surface area (Å²) in [5, 5.41) is 3.42. The van der Waals surface area contributed by atoms with E-state index in [1.165, 1.54) is 11.1 Å². The minimum Gasteiger partial charge on any atom is -0.493 e. The van der Waals surface area contributed by atoms with Crippen molar-refractivity contribution in [1.82, 2.24) is 9.97 Å². The third-order valence-electron chi connectivity index (χ3n) is 5.33. The van der Waals surface area contributed by atoms with Crippen LogP contribution in [-0.2, 0) is 13.0 Å². The van der Waals surface area contributed by atoms with Gasteiger partial charge in [-0.05, 0) is 41.8 Å². The zero-order chi connectivity index (χ0) is 21.1. The predicted octanol–water partition coefficient (Wildman–Crippen LogP) is 4.92. The molecule has 0 bridgehead atoms. The van der Waals surface area contributed by atoms with Gasteiger partial charge >= 0.3 is 0 Å². The van der Waals surface area contributed by atoms with Crippen molar-refractivity contribution in [3.63, 3.8) is 0 Å². The van der Waals surface area contributed by atoms with Crippen LogP contribution in [0.25, 0.3) is 0 Å². The molecule has 30 heavy (non-hydrogen) atoms. The average Bonchev–Trinajstić information content (AvgIpc) is 2.78. The first-order valence-electron chi connectivity index (χ1n) is 10.3. The van der Waals surface area contributed by atoms with Crippen molar-refractivity contribution >= 4 is 17.3 Å². The highest BCUT2D eigenvalue weighted by Gasteiger charge is 2.22. The van der Waals surface area contributed by atoms with Crippen LogP contribution < -0.4 is 19.7 Å². The quantitative estimate of drug-likeness (QED) is 0.629. The highest BCUT2D eigenvalue weighted by atomic mass is 16.5. The van der Waals surface area contributed by atoms with Crippen LogP contribution in [0.2, 0.25) is 0 Å². The number of fused-ring (bicyclic) bond motifs is 1. The van der Waals surface area contributed by atoms with Gasteiger partial charge in [-0.15, -0.1) is 0 Å². The fourth-order valence-corrected chi connectivity index (χ4v) is 3.68. The summed E-state index contributed by atoms with van der Waals surface area (Å²) in [4.78, 5) is 11.9. The molecule has 0 saturated heterocycles. The minimum absolute atomic E-state index is 0.239. The molecule has 0 aliphatic carbocycles. The van der Waals surface area contributed by atoms with Crippen LogP contribution in [0, 0.1) is 0 Å². The minimum atomic E-state index is 0.239. The maximum absolute atomic E-state index is 5.50. The first-order chi connectivity index (χ1) is 14.6. The smallest absolute Gasteiger partial charge is 0.161 e. The van der Waals surface area contributed by atoms with E-state index in [2.05, 4.69) is 36.2 Å². The van der Waals surface area contributed by atoms with E-state index < -0.39 is 0 Å². The molecule has 1 aliphatic heterocycles. The maximum Gasteiger partial charge on any atom is 0.161 e. The second-order valence-corrected chi connectivity index (χ2v) is 7.76. The third kappa shape index (κ3) is 4.17. The van der Waals surface area contributed by atoms with Crippen molar-refractivity contribution in [2.45, 2.75) is 32.7 Å². The number of ether oxygens (including phenoxy) is 2. The summed E-state index contributed by atoms with van der Waals surface area (Å²) in [7, 11) is 3.35. The lowest BCUT2D eigenvalue weighted by atomic mass is 9.98. The van der Waals surface area contributed by atoms with Gasteiger partial charge < -0.3 is 19.7 Å². The van der Waals surface area contributed by atoms with Crippen LogP contribution in [0.1, 0.15) is 36.7 Å². The van der Waals surface area contributed by atoms with Gasteiger partial charge in [-0.2, -0.15) is 0 Å². The molecule has 0 spiro atoms. The number of aromatic nitrogens is 2. The number of rotatable bonds is 6. The molecule has 0 fully saturated rings.